The number of benzene rings is 2. The zero-order chi connectivity index (χ0) is 28.6. The standard InChI is InChI=1S/C32H41N5O3S/c1-24-5-11-29(12-6-24)41(39,40)37-19-18-36-13-3-4-30(36)31(37)22-32(38)33-28-10-9-26-20-25(7-8-27(26)21-28)23-35-16-14-34(2)15-17-35/h3-8,11-13,20,28,31H,9-10,14-19,21-23H2,1-2H3,(H,33,38). The number of likely N-dealkylation sites (N-methyl/N-ethyl adjacent to an activating group) is 1. The Kier molecular flexibility index (Phi) is 8.05. The number of aryl methyl sites for hydroxylation is 2. The van der Waals surface area contributed by atoms with Gasteiger partial charge in [0.05, 0.1) is 10.9 Å². The minimum absolute atomic E-state index is 0.0519. The van der Waals surface area contributed by atoms with Crippen molar-refractivity contribution >= 4 is 15.9 Å². The van der Waals surface area contributed by atoms with Gasteiger partial charge in [-0.2, -0.15) is 4.31 Å². The molecule has 3 aromatic rings. The molecule has 3 aliphatic rings. The summed E-state index contributed by atoms with van der Waals surface area (Å²) in [4.78, 5) is 18.6. The number of hydrogen-bond acceptors (Lipinski definition) is 5. The molecule has 9 heteroatoms. The Morgan fingerprint density at radius 1 is 0.951 bits per heavy atom. The molecular formula is C32H41N5O3S. The van der Waals surface area contributed by atoms with E-state index in [-0.39, 0.29) is 23.3 Å². The third kappa shape index (κ3) is 6.14. The van der Waals surface area contributed by atoms with Crippen LogP contribution in [-0.2, 0) is 40.7 Å². The molecule has 1 aromatic heterocycles. The molecule has 1 aliphatic carbocycles. The molecule has 218 valence electrons. The highest BCUT2D eigenvalue weighted by molar-refractivity contribution is 7.89. The van der Waals surface area contributed by atoms with E-state index in [1.807, 2.05) is 37.4 Å². The zero-order valence-corrected chi connectivity index (χ0v) is 24.9. The average Bonchev–Trinajstić information content (AvgIpc) is 3.44. The fourth-order valence-corrected chi connectivity index (χ4v) is 8.13. The number of piperazine rings is 1. The van der Waals surface area contributed by atoms with Gasteiger partial charge in [0.25, 0.3) is 0 Å². The molecule has 0 saturated carbocycles. The third-order valence-electron chi connectivity index (χ3n) is 8.99. The second-order valence-electron chi connectivity index (χ2n) is 12.0. The molecule has 6 rings (SSSR count). The van der Waals surface area contributed by atoms with Crippen molar-refractivity contribution in [1.82, 2.24) is 24.0 Å². The average molecular weight is 576 g/mol. The number of carbonyl (C=O) groups is 1. The highest BCUT2D eigenvalue weighted by Gasteiger charge is 2.38. The van der Waals surface area contributed by atoms with Crippen LogP contribution in [0.5, 0.6) is 0 Å². The number of nitrogens with zero attached hydrogens (tertiary/aromatic N) is 4. The summed E-state index contributed by atoms with van der Waals surface area (Å²) in [5.41, 5.74) is 5.93. The van der Waals surface area contributed by atoms with Gasteiger partial charge in [0.1, 0.15) is 0 Å². The lowest BCUT2D eigenvalue weighted by Gasteiger charge is -2.36. The van der Waals surface area contributed by atoms with Crippen molar-refractivity contribution in [2.45, 2.75) is 62.7 Å². The van der Waals surface area contributed by atoms with Crippen molar-refractivity contribution in [1.29, 1.82) is 0 Å². The monoisotopic (exact) mass is 575 g/mol. The van der Waals surface area contributed by atoms with Crippen molar-refractivity contribution in [3.05, 3.63) is 88.7 Å². The second-order valence-corrected chi connectivity index (χ2v) is 13.9. The molecule has 0 bridgehead atoms. The summed E-state index contributed by atoms with van der Waals surface area (Å²) in [6.07, 6.45) is 4.71. The summed E-state index contributed by atoms with van der Waals surface area (Å²) >= 11 is 0. The summed E-state index contributed by atoms with van der Waals surface area (Å²) in [5, 5.41) is 3.25. The van der Waals surface area contributed by atoms with Crippen LogP contribution in [0.1, 0.15) is 46.8 Å². The van der Waals surface area contributed by atoms with E-state index in [4.69, 9.17) is 0 Å². The predicted octanol–water partition coefficient (Wildman–Crippen LogP) is 3.35. The maximum absolute atomic E-state index is 13.7. The van der Waals surface area contributed by atoms with Crippen LogP contribution in [0.2, 0.25) is 0 Å². The molecule has 2 aromatic carbocycles. The van der Waals surface area contributed by atoms with Crippen LogP contribution in [-0.4, -0.2) is 78.8 Å². The summed E-state index contributed by atoms with van der Waals surface area (Å²) in [6, 6.07) is 17.2. The number of sulfonamides is 1. The van der Waals surface area contributed by atoms with Crippen LogP contribution in [0.15, 0.2) is 65.7 Å². The second kappa shape index (κ2) is 11.7. The number of rotatable bonds is 7. The lowest BCUT2D eigenvalue weighted by atomic mass is 9.87. The lowest BCUT2D eigenvalue weighted by Crippen LogP contribution is -2.45. The van der Waals surface area contributed by atoms with Gasteiger partial charge in [0.15, 0.2) is 0 Å². The normalized spacial score (nSPS) is 22.2. The fraction of sp³-hybridized carbons (Fsp3) is 0.469. The lowest BCUT2D eigenvalue weighted by molar-refractivity contribution is -0.123. The van der Waals surface area contributed by atoms with Crippen molar-refractivity contribution < 1.29 is 13.2 Å². The van der Waals surface area contributed by atoms with Gasteiger partial charge in [-0.1, -0.05) is 35.9 Å². The van der Waals surface area contributed by atoms with Crippen molar-refractivity contribution in [2.24, 2.45) is 0 Å². The summed E-state index contributed by atoms with van der Waals surface area (Å²) < 4.78 is 31.0. The SMILES string of the molecule is Cc1ccc(S(=O)(=O)N2CCn3cccc3C2CC(=O)NC2CCc3cc(CN4CCN(C)CC4)ccc3C2)cc1. The Hall–Kier alpha value is -2.98. The molecule has 41 heavy (non-hydrogen) atoms. The third-order valence-corrected chi connectivity index (χ3v) is 10.9. The molecular weight excluding hydrogens is 534 g/mol. The van der Waals surface area contributed by atoms with E-state index < -0.39 is 16.1 Å². The maximum atomic E-state index is 13.7. The van der Waals surface area contributed by atoms with Gasteiger partial charge in [0, 0.05) is 70.2 Å². The van der Waals surface area contributed by atoms with Gasteiger partial charge >= 0.3 is 0 Å². The van der Waals surface area contributed by atoms with E-state index >= 15 is 0 Å². The Morgan fingerprint density at radius 3 is 2.51 bits per heavy atom. The minimum atomic E-state index is -3.75. The van der Waals surface area contributed by atoms with Gasteiger partial charge < -0.3 is 14.8 Å². The van der Waals surface area contributed by atoms with E-state index in [1.165, 1.54) is 21.0 Å². The van der Waals surface area contributed by atoms with E-state index in [0.717, 1.165) is 63.2 Å². The summed E-state index contributed by atoms with van der Waals surface area (Å²) in [6.45, 7) is 8.29. The molecule has 0 radical (unpaired) electrons. The Bertz CT molecular complexity index is 1490. The van der Waals surface area contributed by atoms with Crippen LogP contribution in [0.3, 0.4) is 0 Å². The first-order valence-electron chi connectivity index (χ1n) is 14.8. The largest absolute Gasteiger partial charge is 0.353 e. The number of carbonyl (C=O) groups excluding carboxylic acids is 1. The van der Waals surface area contributed by atoms with E-state index in [1.54, 1.807) is 12.1 Å². The Labute approximate surface area is 244 Å². The molecule has 8 nitrogen and oxygen atoms in total. The van der Waals surface area contributed by atoms with E-state index in [9.17, 15) is 13.2 Å². The number of hydrogen-bond donors (Lipinski definition) is 1. The number of aromatic nitrogens is 1. The number of nitrogens with one attached hydrogen (secondary N) is 1. The smallest absolute Gasteiger partial charge is 0.243 e. The first-order valence-corrected chi connectivity index (χ1v) is 16.2. The number of fused-ring (bicyclic) bond motifs is 2. The number of amides is 1. The predicted molar refractivity (Wildman–Crippen MR) is 160 cm³/mol. The van der Waals surface area contributed by atoms with E-state index in [0.29, 0.717) is 13.1 Å². The molecule has 0 spiro atoms. The van der Waals surface area contributed by atoms with Crippen molar-refractivity contribution in [3.63, 3.8) is 0 Å². The first kappa shape index (κ1) is 28.2. The molecule has 2 aliphatic heterocycles. The highest BCUT2D eigenvalue weighted by atomic mass is 32.2. The molecule has 2 atom stereocenters. The molecule has 1 N–H and O–H groups in total. The summed E-state index contributed by atoms with van der Waals surface area (Å²) in [5.74, 6) is -0.103. The van der Waals surface area contributed by atoms with Crippen LogP contribution >= 0.6 is 0 Å². The molecule has 1 amide bonds. The van der Waals surface area contributed by atoms with Gasteiger partial charge in [-0.05, 0) is 74.2 Å². The quantitative estimate of drug-likeness (QED) is 0.468. The van der Waals surface area contributed by atoms with Crippen molar-refractivity contribution in [3.8, 4) is 0 Å². The maximum Gasteiger partial charge on any atom is 0.243 e. The molecule has 1 saturated heterocycles. The van der Waals surface area contributed by atoms with Crippen molar-refractivity contribution in [2.75, 3.05) is 39.8 Å². The zero-order valence-electron chi connectivity index (χ0n) is 24.1. The van der Waals surface area contributed by atoms with Gasteiger partial charge in [-0.25, -0.2) is 8.42 Å². The Balaban J connectivity index is 1.12. The minimum Gasteiger partial charge on any atom is -0.353 e. The first-order chi connectivity index (χ1) is 19.8. The Morgan fingerprint density at radius 2 is 1.73 bits per heavy atom. The van der Waals surface area contributed by atoms with Crippen LogP contribution in [0.4, 0.5) is 0 Å². The van der Waals surface area contributed by atoms with Gasteiger partial charge in [0.2, 0.25) is 15.9 Å². The van der Waals surface area contributed by atoms with Gasteiger partial charge in [-0.15, -0.1) is 0 Å². The highest BCUT2D eigenvalue weighted by Crippen LogP contribution is 2.34. The summed E-state index contributed by atoms with van der Waals surface area (Å²) in [7, 11) is -1.57. The molecule has 1 fully saturated rings. The van der Waals surface area contributed by atoms with Crippen LogP contribution in [0, 0.1) is 6.92 Å². The topological polar surface area (TPSA) is 77.9 Å². The van der Waals surface area contributed by atoms with Crippen LogP contribution < -0.4 is 5.32 Å². The molecule has 3 heterocycles. The molecule has 2 unspecified atom stereocenters. The fourth-order valence-electron chi connectivity index (χ4n) is 6.54. The van der Waals surface area contributed by atoms with E-state index in [2.05, 4.69) is 44.9 Å². The van der Waals surface area contributed by atoms with Crippen LogP contribution in [0.25, 0.3) is 0 Å². The van der Waals surface area contributed by atoms with Gasteiger partial charge in [-0.3, -0.25) is 9.69 Å².